The highest BCUT2D eigenvalue weighted by atomic mass is 16.9. The fraction of sp³-hybridized carbons (Fsp3) is 0.867. The lowest BCUT2D eigenvalue weighted by atomic mass is 10.2. The average Bonchev–Trinajstić information content (AvgIpc) is 2.46. The van der Waals surface area contributed by atoms with Crippen LogP contribution >= 0.6 is 0 Å². The molecule has 0 heterocycles. The van der Waals surface area contributed by atoms with E-state index in [-0.39, 0.29) is 13.2 Å². The molecule has 0 aromatic carbocycles. The molecular formula is C15H31NO4. The van der Waals surface area contributed by atoms with Crippen LogP contribution in [-0.2, 0) is 9.68 Å². The summed E-state index contributed by atoms with van der Waals surface area (Å²) in [6.45, 7) is 6.02. The maximum Gasteiger partial charge on any atom is 0.0711 e. The first-order valence-electron chi connectivity index (χ1n) is 7.71. The molecule has 20 heavy (non-hydrogen) atoms. The standard InChI is InChI=1S/C15H31NO4/c1-2-11-16(19-14-9-5-3-7-12-17)20-15-10-6-4-8-13-18/h2,17-18H,1,3-15H2. The number of hydrogen-bond acceptors (Lipinski definition) is 5. The number of hydroxylamine groups is 2. The molecule has 0 fully saturated rings. The summed E-state index contributed by atoms with van der Waals surface area (Å²) < 4.78 is 0. The highest BCUT2D eigenvalue weighted by Gasteiger charge is 2.03. The average molecular weight is 289 g/mol. The number of aliphatic hydroxyl groups is 2. The van der Waals surface area contributed by atoms with E-state index in [1.54, 1.807) is 6.08 Å². The summed E-state index contributed by atoms with van der Waals surface area (Å²) in [6, 6.07) is 0. The number of nitrogens with zero attached hydrogens (tertiary/aromatic N) is 1. The summed E-state index contributed by atoms with van der Waals surface area (Å²) in [5.41, 5.74) is 0. The van der Waals surface area contributed by atoms with Crippen molar-refractivity contribution in [3.8, 4) is 0 Å². The molecule has 0 aromatic rings. The highest BCUT2D eigenvalue weighted by Crippen LogP contribution is 2.04. The maximum absolute atomic E-state index is 8.67. The molecule has 5 nitrogen and oxygen atoms in total. The zero-order valence-electron chi connectivity index (χ0n) is 12.6. The van der Waals surface area contributed by atoms with E-state index in [0.29, 0.717) is 19.8 Å². The van der Waals surface area contributed by atoms with E-state index in [9.17, 15) is 0 Å². The lowest BCUT2D eigenvalue weighted by Crippen LogP contribution is -2.25. The number of rotatable bonds is 16. The quantitative estimate of drug-likeness (QED) is 0.260. The van der Waals surface area contributed by atoms with Gasteiger partial charge in [-0.25, -0.2) is 0 Å². The molecule has 0 saturated heterocycles. The zero-order chi connectivity index (χ0) is 14.9. The Bertz CT molecular complexity index is 186. The SMILES string of the molecule is C=CCN(OCCCCCCO)OCCCCCCO. The van der Waals surface area contributed by atoms with Gasteiger partial charge in [-0.2, -0.15) is 0 Å². The number of aliphatic hydroxyl groups excluding tert-OH is 2. The van der Waals surface area contributed by atoms with Crippen molar-refractivity contribution >= 4 is 0 Å². The van der Waals surface area contributed by atoms with E-state index < -0.39 is 0 Å². The molecule has 0 aliphatic heterocycles. The Hall–Kier alpha value is -0.460. The second-order valence-corrected chi connectivity index (χ2v) is 4.75. The molecule has 0 spiro atoms. The van der Waals surface area contributed by atoms with Crippen LogP contribution in [0.2, 0.25) is 0 Å². The molecule has 5 heteroatoms. The number of unbranched alkanes of at least 4 members (excludes halogenated alkanes) is 6. The van der Waals surface area contributed by atoms with Gasteiger partial charge in [0.1, 0.15) is 0 Å². The predicted octanol–water partition coefficient (Wildman–Crippen LogP) is 2.44. The van der Waals surface area contributed by atoms with Crippen LogP contribution in [0, 0.1) is 0 Å². The van der Waals surface area contributed by atoms with Crippen LogP contribution in [0.3, 0.4) is 0 Å². The van der Waals surface area contributed by atoms with Crippen molar-refractivity contribution in [2.24, 2.45) is 0 Å². The molecular weight excluding hydrogens is 258 g/mol. The third-order valence-corrected chi connectivity index (χ3v) is 2.85. The van der Waals surface area contributed by atoms with Gasteiger partial charge < -0.3 is 10.2 Å². The van der Waals surface area contributed by atoms with Crippen molar-refractivity contribution < 1.29 is 19.9 Å². The Morgan fingerprint density at radius 1 is 0.750 bits per heavy atom. The van der Waals surface area contributed by atoms with E-state index in [4.69, 9.17) is 19.9 Å². The van der Waals surface area contributed by atoms with Gasteiger partial charge in [0.2, 0.25) is 0 Å². The van der Waals surface area contributed by atoms with Gasteiger partial charge in [0.15, 0.2) is 0 Å². The Kier molecular flexibility index (Phi) is 16.2. The van der Waals surface area contributed by atoms with Gasteiger partial charge in [-0.15, -0.1) is 6.58 Å². The molecule has 0 aliphatic carbocycles. The van der Waals surface area contributed by atoms with Crippen molar-refractivity contribution in [1.82, 2.24) is 5.23 Å². The van der Waals surface area contributed by atoms with Crippen LogP contribution in [0.15, 0.2) is 12.7 Å². The van der Waals surface area contributed by atoms with Crippen molar-refractivity contribution in [3.05, 3.63) is 12.7 Å². The molecule has 0 bridgehead atoms. The van der Waals surface area contributed by atoms with Gasteiger partial charge in [-0.05, 0) is 25.7 Å². The second-order valence-electron chi connectivity index (χ2n) is 4.75. The van der Waals surface area contributed by atoms with Crippen molar-refractivity contribution in [2.45, 2.75) is 51.4 Å². The summed E-state index contributed by atoms with van der Waals surface area (Å²) >= 11 is 0. The molecule has 0 rings (SSSR count). The Balaban J connectivity index is 3.47. The first-order valence-corrected chi connectivity index (χ1v) is 7.71. The van der Waals surface area contributed by atoms with Gasteiger partial charge in [-0.3, -0.25) is 9.68 Å². The van der Waals surface area contributed by atoms with E-state index in [2.05, 4.69) is 6.58 Å². The molecule has 0 aromatic heterocycles. The van der Waals surface area contributed by atoms with Gasteiger partial charge in [0.05, 0.1) is 19.8 Å². The van der Waals surface area contributed by atoms with Gasteiger partial charge in [-0.1, -0.05) is 37.0 Å². The third-order valence-electron chi connectivity index (χ3n) is 2.85. The summed E-state index contributed by atoms with van der Waals surface area (Å²) in [7, 11) is 0. The van der Waals surface area contributed by atoms with E-state index in [1.807, 2.05) is 0 Å². The molecule has 0 saturated carbocycles. The smallest absolute Gasteiger partial charge is 0.0711 e. The minimum Gasteiger partial charge on any atom is -0.396 e. The lowest BCUT2D eigenvalue weighted by molar-refractivity contribution is -0.363. The van der Waals surface area contributed by atoms with Crippen molar-refractivity contribution in [2.75, 3.05) is 33.0 Å². The van der Waals surface area contributed by atoms with E-state index in [0.717, 1.165) is 51.4 Å². The minimum atomic E-state index is 0.267. The second kappa shape index (κ2) is 16.6. The molecule has 0 radical (unpaired) electrons. The first-order chi connectivity index (χ1) is 9.85. The molecule has 2 N–H and O–H groups in total. The normalized spacial score (nSPS) is 11.2. The first kappa shape index (κ1) is 19.5. The van der Waals surface area contributed by atoms with Crippen LogP contribution in [0.1, 0.15) is 51.4 Å². The molecule has 120 valence electrons. The Morgan fingerprint density at radius 3 is 1.60 bits per heavy atom. The topological polar surface area (TPSA) is 62.2 Å². The zero-order valence-corrected chi connectivity index (χ0v) is 12.6. The summed E-state index contributed by atoms with van der Waals surface area (Å²) in [5, 5.41) is 18.8. The fourth-order valence-electron chi connectivity index (χ4n) is 1.72. The monoisotopic (exact) mass is 289 g/mol. The molecule has 0 aliphatic rings. The maximum atomic E-state index is 8.67. The molecule has 0 unspecified atom stereocenters. The van der Waals surface area contributed by atoms with Crippen LogP contribution in [0.5, 0.6) is 0 Å². The van der Waals surface area contributed by atoms with Gasteiger partial charge in [0.25, 0.3) is 0 Å². The van der Waals surface area contributed by atoms with Gasteiger partial charge >= 0.3 is 0 Å². The van der Waals surface area contributed by atoms with E-state index >= 15 is 0 Å². The molecule has 0 atom stereocenters. The lowest BCUT2D eigenvalue weighted by Gasteiger charge is -2.19. The summed E-state index contributed by atoms with van der Waals surface area (Å²) in [5.74, 6) is 0. The van der Waals surface area contributed by atoms with E-state index in [1.165, 1.54) is 5.23 Å². The van der Waals surface area contributed by atoms with Crippen molar-refractivity contribution in [3.63, 3.8) is 0 Å². The minimum absolute atomic E-state index is 0.267. The van der Waals surface area contributed by atoms with Crippen LogP contribution in [-0.4, -0.2) is 48.4 Å². The van der Waals surface area contributed by atoms with Gasteiger partial charge in [0, 0.05) is 13.2 Å². The Morgan fingerprint density at radius 2 is 1.20 bits per heavy atom. The number of hydrogen-bond donors (Lipinski definition) is 2. The summed E-state index contributed by atoms with van der Waals surface area (Å²) in [6.07, 6.45) is 9.59. The van der Waals surface area contributed by atoms with Crippen LogP contribution < -0.4 is 0 Å². The highest BCUT2D eigenvalue weighted by molar-refractivity contribution is 4.66. The van der Waals surface area contributed by atoms with Crippen molar-refractivity contribution in [1.29, 1.82) is 0 Å². The third kappa shape index (κ3) is 14.0. The Labute approximate surface area is 123 Å². The largest absolute Gasteiger partial charge is 0.396 e. The predicted molar refractivity (Wildman–Crippen MR) is 79.9 cm³/mol. The fourth-order valence-corrected chi connectivity index (χ4v) is 1.72. The van der Waals surface area contributed by atoms with Crippen LogP contribution in [0.25, 0.3) is 0 Å². The van der Waals surface area contributed by atoms with Crippen LogP contribution in [0.4, 0.5) is 0 Å². The molecule has 0 amide bonds. The summed E-state index contributed by atoms with van der Waals surface area (Å²) in [4.78, 5) is 11.1.